The number of benzene rings is 1. The van der Waals surface area contributed by atoms with Crippen LogP contribution in [0, 0.1) is 5.92 Å². The summed E-state index contributed by atoms with van der Waals surface area (Å²) < 4.78 is 0. The third-order valence-electron chi connectivity index (χ3n) is 4.31. The Kier molecular flexibility index (Phi) is 3.32. The molecule has 3 atom stereocenters. The van der Waals surface area contributed by atoms with Gasteiger partial charge in [0.15, 0.2) is 0 Å². The van der Waals surface area contributed by atoms with E-state index >= 15 is 0 Å². The van der Waals surface area contributed by atoms with Crippen molar-refractivity contribution in [3.8, 4) is 0 Å². The molecule has 2 N–H and O–H groups in total. The summed E-state index contributed by atoms with van der Waals surface area (Å²) in [7, 11) is 0. The number of hydrogen-bond acceptors (Lipinski definition) is 2. The van der Waals surface area contributed by atoms with Crippen molar-refractivity contribution in [1.82, 2.24) is 5.32 Å². The fourth-order valence-electron chi connectivity index (χ4n) is 3.47. The van der Waals surface area contributed by atoms with E-state index in [1.54, 1.807) is 0 Å². The zero-order valence-electron chi connectivity index (χ0n) is 10.4. The smallest absolute Gasteiger partial charge is 0.0342 e. The Morgan fingerprint density at radius 3 is 2.65 bits per heavy atom. The van der Waals surface area contributed by atoms with Crippen LogP contribution >= 0.6 is 0 Å². The van der Waals surface area contributed by atoms with Gasteiger partial charge in [-0.3, -0.25) is 0 Å². The summed E-state index contributed by atoms with van der Waals surface area (Å²) in [6.45, 7) is 1.22. The van der Waals surface area contributed by atoms with Crippen molar-refractivity contribution < 1.29 is 0 Å². The minimum Gasteiger partial charge on any atom is -0.382 e. The molecule has 2 fully saturated rings. The highest BCUT2D eigenvalue weighted by Gasteiger charge is 2.34. The number of hydrogen-bond donors (Lipinski definition) is 2. The van der Waals surface area contributed by atoms with Crippen LogP contribution in [0.5, 0.6) is 0 Å². The van der Waals surface area contributed by atoms with E-state index < -0.39 is 0 Å². The SMILES string of the molecule is c1ccc(NC2CCCC2C2CCCN2)cc1. The van der Waals surface area contributed by atoms with Gasteiger partial charge in [-0.25, -0.2) is 0 Å². The van der Waals surface area contributed by atoms with Crippen molar-refractivity contribution in [3.05, 3.63) is 30.3 Å². The van der Waals surface area contributed by atoms with Crippen LogP contribution in [0.3, 0.4) is 0 Å². The topological polar surface area (TPSA) is 24.1 Å². The highest BCUT2D eigenvalue weighted by atomic mass is 15.0. The molecule has 1 saturated heterocycles. The van der Waals surface area contributed by atoms with E-state index in [4.69, 9.17) is 0 Å². The van der Waals surface area contributed by atoms with Crippen LogP contribution in [-0.4, -0.2) is 18.6 Å². The van der Waals surface area contributed by atoms with Crippen molar-refractivity contribution in [2.75, 3.05) is 11.9 Å². The molecule has 0 spiro atoms. The first-order valence-corrected chi connectivity index (χ1v) is 6.98. The first-order valence-electron chi connectivity index (χ1n) is 6.98. The standard InChI is InChI=1S/C15H22N2/c1-2-6-12(7-3-1)17-15-9-4-8-13(15)14-10-5-11-16-14/h1-3,6-7,13-17H,4-5,8-11H2. The van der Waals surface area contributed by atoms with E-state index in [1.165, 1.54) is 44.3 Å². The lowest BCUT2D eigenvalue weighted by molar-refractivity contribution is 0.376. The number of nitrogens with one attached hydrogen (secondary N) is 2. The third kappa shape index (κ3) is 2.47. The molecule has 1 aromatic rings. The molecule has 0 amide bonds. The summed E-state index contributed by atoms with van der Waals surface area (Å²) in [5.74, 6) is 0.831. The second kappa shape index (κ2) is 5.09. The van der Waals surface area contributed by atoms with E-state index in [9.17, 15) is 0 Å². The second-order valence-electron chi connectivity index (χ2n) is 5.41. The Morgan fingerprint density at radius 1 is 1.00 bits per heavy atom. The minimum absolute atomic E-state index is 0.674. The van der Waals surface area contributed by atoms with E-state index in [0.717, 1.165) is 12.0 Å². The average Bonchev–Trinajstić information content (AvgIpc) is 3.00. The largest absolute Gasteiger partial charge is 0.382 e. The van der Waals surface area contributed by atoms with Gasteiger partial charge < -0.3 is 10.6 Å². The molecule has 1 aliphatic carbocycles. The summed E-state index contributed by atoms with van der Waals surface area (Å²) in [5, 5.41) is 7.40. The van der Waals surface area contributed by atoms with Crippen molar-refractivity contribution in [2.24, 2.45) is 5.92 Å². The van der Waals surface area contributed by atoms with Gasteiger partial charge in [-0.05, 0) is 50.3 Å². The molecule has 2 aliphatic rings. The molecule has 1 aliphatic heterocycles. The average molecular weight is 230 g/mol. The molecule has 1 heterocycles. The number of anilines is 1. The monoisotopic (exact) mass is 230 g/mol. The van der Waals surface area contributed by atoms with Gasteiger partial charge in [-0.2, -0.15) is 0 Å². The Bertz CT molecular complexity index is 343. The van der Waals surface area contributed by atoms with Gasteiger partial charge in [0.25, 0.3) is 0 Å². The molecule has 17 heavy (non-hydrogen) atoms. The molecule has 0 aromatic heterocycles. The number of rotatable bonds is 3. The van der Waals surface area contributed by atoms with Crippen LogP contribution < -0.4 is 10.6 Å². The molecule has 2 heteroatoms. The Balaban J connectivity index is 1.65. The lowest BCUT2D eigenvalue weighted by Crippen LogP contribution is -2.38. The Morgan fingerprint density at radius 2 is 1.88 bits per heavy atom. The zero-order valence-corrected chi connectivity index (χ0v) is 10.4. The maximum Gasteiger partial charge on any atom is 0.0342 e. The lowest BCUT2D eigenvalue weighted by Gasteiger charge is -2.27. The first kappa shape index (κ1) is 11.1. The summed E-state index contributed by atoms with van der Waals surface area (Å²) in [5.41, 5.74) is 1.28. The quantitative estimate of drug-likeness (QED) is 0.834. The van der Waals surface area contributed by atoms with Crippen LogP contribution in [0.25, 0.3) is 0 Å². The van der Waals surface area contributed by atoms with Gasteiger partial charge in [0.05, 0.1) is 0 Å². The van der Waals surface area contributed by atoms with Crippen LogP contribution in [0.1, 0.15) is 32.1 Å². The van der Waals surface area contributed by atoms with Crippen molar-refractivity contribution >= 4 is 5.69 Å². The zero-order chi connectivity index (χ0) is 11.5. The summed E-state index contributed by atoms with van der Waals surface area (Å²) in [6.07, 6.45) is 6.84. The fourth-order valence-corrected chi connectivity index (χ4v) is 3.47. The van der Waals surface area contributed by atoms with E-state index in [2.05, 4.69) is 41.0 Å². The maximum absolute atomic E-state index is 3.73. The van der Waals surface area contributed by atoms with Crippen LogP contribution in [-0.2, 0) is 0 Å². The Labute approximate surface area is 104 Å². The summed E-state index contributed by atoms with van der Waals surface area (Å²) in [4.78, 5) is 0. The van der Waals surface area contributed by atoms with E-state index in [-0.39, 0.29) is 0 Å². The van der Waals surface area contributed by atoms with Gasteiger partial charge in [0, 0.05) is 17.8 Å². The maximum atomic E-state index is 3.73. The lowest BCUT2D eigenvalue weighted by atomic mass is 9.93. The molecular formula is C15H22N2. The highest BCUT2D eigenvalue weighted by Crippen LogP contribution is 2.33. The van der Waals surface area contributed by atoms with Crippen molar-refractivity contribution in [3.63, 3.8) is 0 Å². The second-order valence-corrected chi connectivity index (χ2v) is 5.41. The van der Waals surface area contributed by atoms with Crippen LogP contribution in [0.15, 0.2) is 30.3 Å². The normalized spacial score (nSPS) is 32.8. The molecule has 3 unspecified atom stereocenters. The molecule has 1 aromatic carbocycles. The molecule has 92 valence electrons. The van der Waals surface area contributed by atoms with Gasteiger partial charge in [-0.15, -0.1) is 0 Å². The van der Waals surface area contributed by atoms with Crippen LogP contribution in [0.2, 0.25) is 0 Å². The van der Waals surface area contributed by atoms with Gasteiger partial charge in [-0.1, -0.05) is 24.6 Å². The molecule has 0 radical (unpaired) electrons. The summed E-state index contributed by atoms with van der Waals surface area (Å²) >= 11 is 0. The molecule has 2 nitrogen and oxygen atoms in total. The number of para-hydroxylation sites is 1. The van der Waals surface area contributed by atoms with Gasteiger partial charge in [0.1, 0.15) is 0 Å². The predicted octanol–water partition coefficient (Wildman–Crippen LogP) is 3.02. The highest BCUT2D eigenvalue weighted by molar-refractivity contribution is 5.43. The van der Waals surface area contributed by atoms with E-state index in [0.29, 0.717) is 6.04 Å². The minimum atomic E-state index is 0.674. The van der Waals surface area contributed by atoms with Crippen LogP contribution in [0.4, 0.5) is 5.69 Å². The summed E-state index contributed by atoms with van der Waals surface area (Å²) in [6, 6.07) is 12.1. The predicted molar refractivity (Wildman–Crippen MR) is 72.2 cm³/mol. The van der Waals surface area contributed by atoms with Gasteiger partial charge in [0.2, 0.25) is 0 Å². The molecule has 0 bridgehead atoms. The first-order chi connectivity index (χ1) is 8.43. The molecule has 1 saturated carbocycles. The van der Waals surface area contributed by atoms with Crippen molar-refractivity contribution in [1.29, 1.82) is 0 Å². The molecule has 3 rings (SSSR count). The molecular weight excluding hydrogens is 208 g/mol. The van der Waals surface area contributed by atoms with Crippen molar-refractivity contribution in [2.45, 2.75) is 44.2 Å². The Hall–Kier alpha value is -1.02. The fraction of sp³-hybridized carbons (Fsp3) is 0.600. The van der Waals surface area contributed by atoms with Gasteiger partial charge >= 0.3 is 0 Å². The third-order valence-corrected chi connectivity index (χ3v) is 4.31. The van der Waals surface area contributed by atoms with E-state index in [1.807, 2.05) is 0 Å².